The van der Waals surface area contributed by atoms with Gasteiger partial charge < -0.3 is 25.3 Å². The van der Waals surface area contributed by atoms with E-state index >= 15 is 0 Å². The van der Waals surface area contributed by atoms with E-state index < -0.39 is 0 Å². The fourth-order valence-corrected chi connectivity index (χ4v) is 2.26. The van der Waals surface area contributed by atoms with Crippen LogP contribution in [-0.4, -0.2) is 39.5 Å². The van der Waals surface area contributed by atoms with E-state index in [1.165, 1.54) is 0 Å². The van der Waals surface area contributed by atoms with Crippen LogP contribution in [0, 0.1) is 11.3 Å². The van der Waals surface area contributed by atoms with Crippen LogP contribution >= 0.6 is 0 Å². The number of methoxy groups -OCH3 is 1. The van der Waals surface area contributed by atoms with Gasteiger partial charge in [-0.05, 0) is 12.8 Å². The van der Waals surface area contributed by atoms with Crippen molar-refractivity contribution >= 4 is 5.69 Å². The number of hydrogen-bond donors (Lipinski definition) is 2. The molecule has 114 valence electrons. The van der Waals surface area contributed by atoms with Crippen LogP contribution in [0.1, 0.15) is 18.4 Å². The number of morpholine rings is 1. The van der Waals surface area contributed by atoms with Crippen LogP contribution in [0.3, 0.4) is 0 Å². The highest BCUT2D eigenvalue weighted by molar-refractivity contribution is 5.62. The lowest BCUT2D eigenvalue weighted by Gasteiger charge is -2.23. The second kappa shape index (κ2) is 7.72. The van der Waals surface area contributed by atoms with E-state index in [0.29, 0.717) is 35.4 Å². The minimum Gasteiger partial charge on any atom is -0.493 e. The first kappa shape index (κ1) is 15.4. The highest BCUT2D eigenvalue weighted by Gasteiger charge is 2.13. The van der Waals surface area contributed by atoms with Gasteiger partial charge in [0.15, 0.2) is 11.5 Å². The van der Waals surface area contributed by atoms with Crippen molar-refractivity contribution < 1.29 is 14.2 Å². The van der Waals surface area contributed by atoms with Gasteiger partial charge in [-0.3, -0.25) is 0 Å². The van der Waals surface area contributed by atoms with Crippen LogP contribution in [0.5, 0.6) is 11.5 Å². The number of nitriles is 1. The molecule has 1 saturated heterocycles. The van der Waals surface area contributed by atoms with Gasteiger partial charge in [0.2, 0.25) is 0 Å². The number of nitrogens with two attached hydrogens (primary N) is 1. The topological polar surface area (TPSA) is 89.5 Å². The molecule has 0 saturated carbocycles. The van der Waals surface area contributed by atoms with Crippen molar-refractivity contribution in [1.29, 1.82) is 5.26 Å². The number of nitrogens with one attached hydrogen (secondary N) is 1. The Hall–Kier alpha value is -1.97. The summed E-state index contributed by atoms with van der Waals surface area (Å²) in [6.07, 6.45) is 1.89. The monoisotopic (exact) mass is 291 g/mol. The van der Waals surface area contributed by atoms with E-state index in [4.69, 9.17) is 25.2 Å². The third kappa shape index (κ3) is 4.25. The molecule has 1 fully saturated rings. The Morgan fingerprint density at radius 2 is 2.33 bits per heavy atom. The maximum Gasteiger partial charge on any atom is 0.162 e. The van der Waals surface area contributed by atoms with Crippen molar-refractivity contribution in [3.8, 4) is 17.6 Å². The van der Waals surface area contributed by atoms with Gasteiger partial charge in [0.1, 0.15) is 6.07 Å². The third-order valence-corrected chi connectivity index (χ3v) is 3.41. The Morgan fingerprint density at radius 1 is 1.48 bits per heavy atom. The third-order valence-electron chi connectivity index (χ3n) is 3.41. The molecule has 1 aliphatic heterocycles. The average molecular weight is 291 g/mol. The molecule has 2 rings (SSSR count). The molecule has 1 atom stereocenters. The summed E-state index contributed by atoms with van der Waals surface area (Å²) >= 11 is 0. The summed E-state index contributed by atoms with van der Waals surface area (Å²) < 4.78 is 16.3. The molecule has 3 N–H and O–H groups in total. The minimum atomic E-state index is 0.394. The molecule has 6 heteroatoms. The summed E-state index contributed by atoms with van der Waals surface area (Å²) in [5.41, 5.74) is 6.54. The predicted molar refractivity (Wildman–Crippen MR) is 79.5 cm³/mol. The number of hydrogen-bond acceptors (Lipinski definition) is 6. The van der Waals surface area contributed by atoms with Crippen molar-refractivity contribution in [2.75, 3.05) is 39.2 Å². The van der Waals surface area contributed by atoms with Gasteiger partial charge in [0.05, 0.1) is 38.2 Å². The van der Waals surface area contributed by atoms with Gasteiger partial charge in [-0.25, -0.2) is 0 Å². The van der Waals surface area contributed by atoms with Crippen molar-refractivity contribution in [2.45, 2.75) is 18.9 Å². The molecule has 0 aliphatic carbocycles. The first-order valence-electron chi connectivity index (χ1n) is 7.06. The fourth-order valence-electron chi connectivity index (χ4n) is 2.26. The quantitative estimate of drug-likeness (QED) is 0.606. The summed E-state index contributed by atoms with van der Waals surface area (Å²) in [5.74, 6) is 1.10. The molecule has 21 heavy (non-hydrogen) atoms. The maximum atomic E-state index is 9.00. The van der Waals surface area contributed by atoms with E-state index in [-0.39, 0.29) is 0 Å². The number of nitrogens with zero attached hydrogens (tertiary/aromatic N) is 1. The molecule has 0 amide bonds. The lowest BCUT2D eigenvalue weighted by molar-refractivity contribution is 0.0721. The zero-order valence-corrected chi connectivity index (χ0v) is 12.2. The lowest BCUT2D eigenvalue weighted by Crippen LogP contribution is -2.41. The van der Waals surface area contributed by atoms with Gasteiger partial charge >= 0.3 is 0 Å². The Bertz CT molecular complexity index is 508. The molecule has 0 bridgehead atoms. The molecule has 1 aliphatic rings. The zero-order valence-electron chi connectivity index (χ0n) is 12.2. The van der Waals surface area contributed by atoms with Crippen LogP contribution in [0.15, 0.2) is 12.1 Å². The van der Waals surface area contributed by atoms with Crippen molar-refractivity contribution in [3.63, 3.8) is 0 Å². The number of nitrogen functional groups attached to an aromatic ring is 1. The summed E-state index contributed by atoms with van der Waals surface area (Å²) in [6.45, 7) is 3.00. The smallest absolute Gasteiger partial charge is 0.162 e. The van der Waals surface area contributed by atoms with Crippen LogP contribution < -0.4 is 20.5 Å². The van der Waals surface area contributed by atoms with E-state index in [9.17, 15) is 0 Å². The Balaban J connectivity index is 1.86. The summed E-state index contributed by atoms with van der Waals surface area (Å²) in [4.78, 5) is 0. The largest absolute Gasteiger partial charge is 0.493 e. The van der Waals surface area contributed by atoms with Crippen LogP contribution in [-0.2, 0) is 4.74 Å². The summed E-state index contributed by atoms with van der Waals surface area (Å²) in [5, 5.41) is 12.4. The molecule has 0 spiro atoms. The number of rotatable bonds is 6. The van der Waals surface area contributed by atoms with E-state index in [1.54, 1.807) is 19.2 Å². The van der Waals surface area contributed by atoms with E-state index in [0.717, 1.165) is 32.6 Å². The highest BCUT2D eigenvalue weighted by Crippen LogP contribution is 2.32. The molecule has 1 aromatic rings. The van der Waals surface area contributed by atoms with Gasteiger partial charge in [-0.15, -0.1) is 0 Å². The normalized spacial score (nSPS) is 18.0. The van der Waals surface area contributed by atoms with Crippen LogP contribution in [0.2, 0.25) is 0 Å². The molecular weight excluding hydrogens is 270 g/mol. The molecule has 1 aromatic carbocycles. The Morgan fingerprint density at radius 3 is 3.00 bits per heavy atom. The van der Waals surface area contributed by atoms with E-state index in [2.05, 4.69) is 5.32 Å². The highest BCUT2D eigenvalue weighted by atomic mass is 16.5. The van der Waals surface area contributed by atoms with Crippen LogP contribution in [0.25, 0.3) is 0 Å². The summed E-state index contributed by atoms with van der Waals surface area (Å²) in [6, 6.07) is 5.67. The second-order valence-corrected chi connectivity index (χ2v) is 4.92. The van der Waals surface area contributed by atoms with Gasteiger partial charge in [-0.2, -0.15) is 5.26 Å². The standard InChI is InChI=1S/C15H21N3O3/c1-19-14-8-13(17)11(9-16)7-15(14)21-5-2-3-12-10-20-6-4-18-12/h7-8,12,18H,2-6,10,17H2,1H3. The Kier molecular flexibility index (Phi) is 5.67. The van der Waals surface area contributed by atoms with Crippen molar-refractivity contribution in [1.82, 2.24) is 5.32 Å². The first-order valence-corrected chi connectivity index (χ1v) is 7.06. The van der Waals surface area contributed by atoms with Gasteiger partial charge in [0.25, 0.3) is 0 Å². The Labute approximate surface area is 124 Å². The molecule has 1 unspecified atom stereocenters. The van der Waals surface area contributed by atoms with Crippen molar-refractivity contribution in [3.05, 3.63) is 17.7 Å². The predicted octanol–water partition coefficient (Wildman–Crippen LogP) is 1.30. The molecule has 1 heterocycles. The van der Waals surface area contributed by atoms with Gasteiger partial charge in [-0.1, -0.05) is 0 Å². The zero-order chi connectivity index (χ0) is 15.1. The van der Waals surface area contributed by atoms with E-state index in [1.807, 2.05) is 6.07 Å². The molecule has 0 aromatic heterocycles. The minimum absolute atomic E-state index is 0.394. The molecule has 0 radical (unpaired) electrons. The average Bonchev–Trinajstić information content (AvgIpc) is 2.53. The van der Waals surface area contributed by atoms with Crippen LogP contribution in [0.4, 0.5) is 5.69 Å². The fraction of sp³-hybridized carbons (Fsp3) is 0.533. The lowest BCUT2D eigenvalue weighted by atomic mass is 10.1. The maximum absolute atomic E-state index is 9.00. The number of benzene rings is 1. The second-order valence-electron chi connectivity index (χ2n) is 4.92. The SMILES string of the molecule is COc1cc(N)c(C#N)cc1OCCCC1COCCN1. The molecule has 6 nitrogen and oxygen atoms in total. The summed E-state index contributed by atoms with van der Waals surface area (Å²) in [7, 11) is 1.55. The number of ether oxygens (including phenoxy) is 3. The first-order chi connectivity index (χ1) is 10.2. The molecular formula is C15H21N3O3. The number of anilines is 1. The van der Waals surface area contributed by atoms with Crippen molar-refractivity contribution in [2.24, 2.45) is 0 Å². The van der Waals surface area contributed by atoms with Gasteiger partial charge in [0, 0.05) is 24.7 Å².